The van der Waals surface area contributed by atoms with Crippen LogP contribution < -0.4 is 16.4 Å². The average molecular weight is 313 g/mol. The van der Waals surface area contributed by atoms with Gasteiger partial charge in [0.25, 0.3) is 5.91 Å². The van der Waals surface area contributed by atoms with Gasteiger partial charge in [0, 0.05) is 13.1 Å². The molecule has 1 aromatic rings. The summed E-state index contributed by atoms with van der Waals surface area (Å²) in [5, 5.41) is 10.7. The highest BCUT2D eigenvalue weighted by Crippen LogP contribution is 2.40. The third kappa shape index (κ3) is 2.96. The molecule has 21 heavy (non-hydrogen) atoms. The van der Waals surface area contributed by atoms with Gasteiger partial charge in [-0.25, -0.2) is 4.79 Å². The van der Waals surface area contributed by atoms with Crippen LogP contribution in [0.1, 0.15) is 39.8 Å². The molecule has 0 radical (unpaired) electrons. The average Bonchev–Trinajstić information content (AvgIpc) is 2.74. The molecule has 2 rings (SSSR count). The largest absolute Gasteiger partial charge is 0.465 e. The number of ether oxygens (including phenoxy) is 1. The number of aliphatic hydroxyl groups is 1. The number of anilines is 2. The second-order valence-corrected chi connectivity index (χ2v) is 6.40. The fourth-order valence-corrected chi connectivity index (χ4v) is 3.62. The Morgan fingerprint density at radius 3 is 2.67 bits per heavy atom. The van der Waals surface area contributed by atoms with E-state index >= 15 is 0 Å². The van der Waals surface area contributed by atoms with Crippen LogP contribution in [0, 0.1) is 0 Å². The Hall–Kier alpha value is -1.80. The van der Waals surface area contributed by atoms with Crippen LogP contribution in [0.3, 0.4) is 0 Å². The van der Waals surface area contributed by atoms with Gasteiger partial charge in [-0.1, -0.05) is 0 Å². The number of esters is 1. The number of nitrogen functional groups attached to an aromatic ring is 1. The van der Waals surface area contributed by atoms with Gasteiger partial charge < -0.3 is 26.2 Å². The molecule has 7 nitrogen and oxygen atoms in total. The lowest BCUT2D eigenvalue weighted by Crippen LogP contribution is -2.46. The van der Waals surface area contributed by atoms with Gasteiger partial charge in [-0.15, -0.1) is 11.3 Å². The molecule has 1 amide bonds. The Kier molecular flexibility index (Phi) is 4.11. The molecule has 0 bridgehead atoms. The van der Waals surface area contributed by atoms with Crippen LogP contribution in [0.15, 0.2) is 0 Å². The first kappa shape index (κ1) is 15.6. The van der Waals surface area contributed by atoms with Crippen LogP contribution in [0.5, 0.6) is 0 Å². The van der Waals surface area contributed by atoms with E-state index < -0.39 is 17.5 Å². The molecular formula is C13H19N3O4S. The first-order valence-electron chi connectivity index (χ1n) is 6.54. The second-order valence-electron chi connectivity index (χ2n) is 5.40. The molecule has 0 aromatic carbocycles. The maximum atomic E-state index is 12.0. The number of primary amides is 1. The Labute approximate surface area is 126 Å². The van der Waals surface area contributed by atoms with Gasteiger partial charge in [-0.3, -0.25) is 4.79 Å². The van der Waals surface area contributed by atoms with Crippen molar-refractivity contribution in [2.45, 2.75) is 25.4 Å². The van der Waals surface area contributed by atoms with Crippen molar-refractivity contribution >= 4 is 33.9 Å². The van der Waals surface area contributed by atoms with E-state index in [0.29, 0.717) is 24.5 Å². The molecule has 1 aliphatic rings. The van der Waals surface area contributed by atoms with Crippen molar-refractivity contribution < 1.29 is 19.4 Å². The molecule has 1 atom stereocenters. The predicted octanol–water partition coefficient (Wildman–Crippen LogP) is 0.567. The number of thiophene rings is 1. The summed E-state index contributed by atoms with van der Waals surface area (Å²) in [7, 11) is 1.25. The van der Waals surface area contributed by atoms with E-state index in [1.54, 1.807) is 6.92 Å². The van der Waals surface area contributed by atoms with E-state index in [4.69, 9.17) is 16.2 Å². The lowest BCUT2D eigenvalue weighted by atomic mass is 9.95. The zero-order valence-corrected chi connectivity index (χ0v) is 12.8. The molecule has 8 heteroatoms. The highest BCUT2D eigenvalue weighted by Gasteiger charge is 2.34. The molecule has 116 valence electrons. The number of piperidine rings is 1. The number of amides is 1. The third-order valence-electron chi connectivity index (χ3n) is 3.50. The Morgan fingerprint density at radius 2 is 2.14 bits per heavy atom. The van der Waals surface area contributed by atoms with E-state index in [0.717, 1.165) is 17.8 Å². The monoisotopic (exact) mass is 313 g/mol. The standard InChI is InChI=1S/C13H19N3O4S/c1-13(19)4-3-5-16(6-13)11-7(12(18)20-2)8(14)9(21-11)10(15)17/h19H,3-6,14H2,1-2H3,(H2,15,17). The van der Waals surface area contributed by atoms with Gasteiger partial charge in [0.15, 0.2) is 0 Å². The summed E-state index contributed by atoms with van der Waals surface area (Å²) in [4.78, 5) is 25.4. The predicted molar refractivity (Wildman–Crippen MR) is 80.7 cm³/mol. The fraction of sp³-hybridized carbons (Fsp3) is 0.538. The summed E-state index contributed by atoms with van der Waals surface area (Å²) < 4.78 is 4.74. The summed E-state index contributed by atoms with van der Waals surface area (Å²) in [6.45, 7) is 2.76. The van der Waals surface area contributed by atoms with Gasteiger partial charge >= 0.3 is 5.97 Å². The number of hydrogen-bond acceptors (Lipinski definition) is 7. The lowest BCUT2D eigenvalue weighted by Gasteiger charge is -2.37. The van der Waals surface area contributed by atoms with Crippen molar-refractivity contribution in [2.24, 2.45) is 5.73 Å². The minimum atomic E-state index is -0.850. The van der Waals surface area contributed by atoms with Crippen molar-refractivity contribution in [1.29, 1.82) is 0 Å². The Balaban J connectivity index is 2.49. The van der Waals surface area contributed by atoms with Crippen LogP contribution in [0.2, 0.25) is 0 Å². The topological polar surface area (TPSA) is 119 Å². The van der Waals surface area contributed by atoms with E-state index in [1.807, 2.05) is 4.90 Å². The number of carbonyl (C=O) groups is 2. The summed E-state index contributed by atoms with van der Waals surface area (Å²) in [6, 6.07) is 0. The van der Waals surface area contributed by atoms with Gasteiger partial charge in [0.2, 0.25) is 0 Å². The molecule has 0 aliphatic carbocycles. The zero-order chi connectivity index (χ0) is 15.8. The SMILES string of the molecule is COC(=O)c1c(N2CCCC(C)(O)C2)sc(C(N)=O)c1N. The summed E-state index contributed by atoms with van der Waals surface area (Å²) >= 11 is 1.06. The quantitative estimate of drug-likeness (QED) is 0.702. The van der Waals surface area contributed by atoms with Gasteiger partial charge in [-0.2, -0.15) is 0 Å². The van der Waals surface area contributed by atoms with Gasteiger partial charge in [-0.05, 0) is 19.8 Å². The van der Waals surface area contributed by atoms with Crippen LogP contribution in [-0.4, -0.2) is 42.8 Å². The molecule has 1 aliphatic heterocycles. The number of nitrogens with two attached hydrogens (primary N) is 2. The summed E-state index contributed by atoms with van der Waals surface area (Å²) in [5.74, 6) is -1.30. The Bertz CT molecular complexity index is 582. The Morgan fingerprint density at radius 1 is 1.48 bits per heavy atom. The molecule has 1 saturated heterocycles. The number of carbonyl (C=O) groups excluding carboxylic acids is 2. The van der Waals surface area contributed by atoms with Gasteiger partial charge in [0.05, 0.1) is 18.4 Å². The van der Waals surface area contributed by atoms with Crippen molar-refractivity contribution in [3.05, 3.63) is 10.4 Å². The second kappa shape index (κ2) is 5.53. The molecule has 5 N–H and O–H groups in total. The van der Waals surface area contributed by atoms with Crippen molar-refractivity contribution in [3.8, 4) is 0 Å². The van der Waals surface area contributed by atoms with Gasteiger partial charge in [0.1, 0.15) is 15.4 Å². The number of rotatable bonds is 3. The molecular weight excluding hydrogens is 294 g/mol. The molecule has 2 heterocycles. The third-order valence-corrected chi connectivity index (χ3v) is 4.78. The normalized spacial score (nSPS) is 22.1. The van der Waals surface area contributed by atoms with E-state index in [-0.39, 0.29) is 16.1 Å². The van der Waals surface area contributed by atoms with E-state index in [9.17, 15) is 14.7 Å². The van der Waals surface area contributed by atoms with Crippen molar-refractivity contribution in [3.63, 3.8) is 0 Å². The maximum Gasteiger partial charge on any atom is 0.343 e. The molecule has 0 spiro atoms. The van der Waals surface area contributed by atoms with Crippen LogP contribution in [0.4, 0.5) is 10.7 Å². The molecule has 1 unspecified atom stereocenters. The first-order valence-corrected chi connectivity index (χ1v) is 7.36. The number of nitrogens with zero attached hydrogens (tertiary/aromatic N) is 1. The maximum absolute atomic E-state index is 12.0. The highest BCUT2D eigenvalue weighted by atomic mass is 32.1. The molecule has 0 saturated carbocycles. The number of β-amino-alcohol motifs (C(OH)–C–C–N with tert-alkyl or cyclic N) is 1. The molecule has 1 aromatic heterocycles. The molecule has 1 fully saturated rings. The van der Waals surface area contributed by atoms with Crippen LogP contribution >= 0.6 is 11.3 Å². The van der Waals surface area contributed by atoms with Crippen LogP contribution in [0.25, 0.3) is 0 Å². The number of methoxy groups -OCH3 is 1. The highest BCUT2D eigenvalue weighted by molar-refractivity contribution is 7.19. The van der Waals surface area contributed by atoms with Crippen molar-refractivity contribution in [2.75, 3.05) is 30.8 Å². The van der Waals surface area contributed by atoms with E-state index in [2.05, 4.69) is 0 Å². The minimum Gasteiger partial charge on any atom is -0.465 e. The number of hydrogen-bond donors (Lipinski definition) is 3. The lowest BCUT2D eigenvalue weighted by molar-refractivity contribution is 0.0446. The first-order chi connectivity index (χ1) is 9.76. The van der Waals surface area contributed by atoms with Crippen LogP contribution in [-0.2, 0) is 4.74 Å². The van der Waals surface area contributed by atoms with Crippen molar-refractivity contribution in [1.82, 2.24) is 0 Å². The van der Waals surface area contributed by atoms with E-state index in [1.165, 1.54) is 7.11 Å². The summed E-state index contributed by atoms with van der Waals surface area (Å²) in [6.07, 6.45) is 1.46. The smallest absolute Gasteiger partial charge is 0.343 e. The zero-order valence-electron chi connectivity index (χ0n) is 12.0. The fourth-order valence-electron chi connectivity index (χ4n) is 2.53. The summed E-state index contributed by atoms with van der Waals surface area (Å²) in [5.41, 5.74) is 10.5. The minimum absolute atomic E-state index is 0.0413.